The van der Waals surface area contributed by atoms with Crippen molar-refractivity contribution in [2.45, 2.75) is 38.7 Å². The van der Waals surface area contributed by atoms with E-state index in [9.17, 15) is 4.39 Å². The van der Waals surface area contributed by atoms with Crippen molar-refractivity contribution in [3.63, 3.8) is 0 Å². The Morgan fingerprint density at radius 3 is 1.97 bits per heavy atom. The summed E-state index contributed by atoms with van der Waals surface area (Å²) >= 11 is 0. The molecular weight excluding hydrogens is 429 g/mol. The largest absolute Gasteiger partial charge is 0.407 e. The molecule has 1 aromatic heterocycles. The molecule has 0 aliphatic carbocycles. The minimum absolute atomic E-state index is 0.0456. The number of aromatic nitrogens is 3. The van der Waals surface area contributed by atoms with E-state index in [2.05, 4.69) is 96.6 Å². The van der Waals surface area contributed by atoms with Gasteiger partial charge in [-0.15, -0.1) is 0 Å². The Hall–Kier alpha value is -3.09. The fraction of sp³-hybridized carbons (Fsp3) is 0.259. The molecule has 4 rings (SSSR count). The third-order valence-corrected chi connectivity index (χ3v) is 11.0. The highest BCUT2D eigenvalue weighted by molar-refractivity contribution is 6.99. The molecule has 0 saturated heterocycles. The average molecular weight is 460 g/mol. The molecule has 1 N–H and O–H groups in total. The van der Waals surface area contributed by atoms with E-state index >= 15 is 0 Å². The molecular formula is C27H30FN3OSi. The van der Waals surface area contributed by atoms with Gasteiger partial charge in [0.1, 0.15) is 5.82 Å². The quantitative estimate of drug-likeness (QED) is 0.294. The molecule has 0 radical (unpaired) electrons. The third-order valence-electron chi connectivity index (χ3n) is 5.93. The Labute approximate surface area is 196 Å². The van der Waals surface area contributed by atoms with E-state index in [-0.39, 0.29) is 10.9 Å². The standard InChI is InChI=1S/C27H30FN3OSi/c1-27(2,3)33(23-11-6-4-7-12-23,24-13-8-5-9-14-24)32-20-10-15-25-29-26(31-30-25)21-16-18-22(28)19-17-21/h4-9,11-14,16-19H,10,15,20H2,1-3H3,(H,29,30,31). The van der Waals surface area contributed by atoms with Crippen LogP contribution in [0.1, 0.15) is 33.0 Å². The lowest BCUT2D eigenvalue weighted by atomic mass is 10.2. The van der Waals surface area contributed by atoms with Gasteiger partial charge in [-0.1, -0.05) is 81.4 Å². The number of hydrogen-bond acceptors (Lipinski definition) is 3. The van der Waals surface area contributed by atoms with E-state index in [1.54, 1.807) is 12.1 Å². The molecule has 33 heavy (non-hydrogen) atoms. The Morgan fingerprint density at radius 1 is 0.848 bits per heavy atom. The van der Waals surface area contributed by atoms with E-state index in [0.29, 0.717) is 18.9 Å². The summed E-state index contributed by atoms with van der Waals surface area (Å²) in [5.74, 6) is 1.12. The minimum atomic E-state index is -2.52. The van der Waals surface area contributed by atoms with Crippen LogP contribution in [0.5, 0.6) is 0 Å². The summed E-state index contributed by atoms with van der Waals surface area (Å²) in [5, 5.41) is 9.81. The average Bonchev–Trinajstić information content (AvgIpc) is 3.29. The first kappa shape index (κ1) is 23.1. The second-order valence-corrected chi connectivity index (χ2v) is 13.5. The molecule has 0 aliphatic rings. The molecule has 0 amide bonds. The van der Waals surface area contributed by atoms with E-state index in [0.717, 1.165) is 17.8 Å². The molecule has 0 spiro atoms. The van der Waals surface area contributed by atoms with E-state index < -0.39 is 8.32 Å². The highest BCUT2D eigenvalue weighted by Crippen LogP contribution is 2.36. The van der Waals surface area contributed by atoms with Crippen molar-refractivity contribution in [3.8, 4) is 11.4 Å². The second kappa shape index (κ2) is 9.81. The molecule has 4 nitrogen and oxygen atoms in total. The first-order valence-electron chi connectivity index (χ1n) is 11.3. The van der Waals surface area contributed by atoms with Crippen molar-refractivity contribution in [3.05, 3.63) is 96.6 Å². The molecule has 0 fully saturated rings. The van der Waals surface area contributed by atoms with Crippen LogP contribution in [0.2, 0.25) is 5.04 Å². The molecule has 170 valence electrons. The van der Waals surface area contributed by atoms with Crippen molar-refractivity contribution in [2.24, 2.45) is 0 Å². The number of aryl methyl sites for hydroxylation is 1. The summed E-state index contributed by atoms with van der Waals surface area (Å²) in [7, 11) is -2.52. The van der Waals surface area contributed by atoms with Crippen LogP contribution < -0.4 is 10.4 Å². The van der Waals surface area contributed by atoms with Crippen molar-refractivity contribution in [2.75, 3.05) is 6.61 Å². The molecule has 0 bridgehead atoms. The van der Waals surface area contributed by atoms with Crippen LogP contribution in [0.25, 0.3) is 11.4 Å². The lowest BCUT2D eigenvalue weighted by Gasteiger charge is -2.43. The number of H-pyrrole nitrogens is 1. The maximum absolute atomic E-state index is 13.2. The predicted molar refractivity (Wildman–Crippen MR) is 134 cm³/mol. The molecule has 0 saturated carbocycles. The van der Waals surface area contributed by atoms with Gasteiger partial charge in [-0.05, 0) is 46.1 Å². The summed E-state index contributed by atoms with van der Waals surface area (Å²) in [6, 6.07) is 27.6. The van der Waals surface area contributed by atoms with Gasteiger partial charge in [0.15, 0.2) is 11.6 Å². The van der Waals surface area contributed by atoms with Crippen LogP contribution in [-0.2, 0) is 10.8 Å². The first-order valence-corrected chi connectivity index (χ1v) is 13.2. The van der Waals surface area contributed by atoms with Crippen LogP contribution >= 0.6 is 0 Å². The van der Waals surface area contributed by atoms with Gasteiger partial charge in [-0.3, -0.25) is 5.10 Å². The van der Waals surface area contributed by atoms with Crippen molar-refractivity contribution in [1.82, 2.24) is 15.2 Å². The predicted octanol–water partition coefficient (Wildman–Crippen LogP) is 5.12. The minimum Gasteiger partial charge on any atom is -0.407 e. The van der Waals surface area contributed by atoms with E-state index in [1.807, 2.05) is 0 Å². The van der Waals surface area contributed by atoms with Crippen LogP contribution in [0.4, 0.5) is 4.39 Å². The smallest absolute Gasteiger partial charge is 0.261 e. The monoisotopic (exact) mass is 459 g/mol. The van der Waals surface area contributed by atoms with Crippen LogP contribution in [-0.4, -0.2) is 30.1 Å². The Morgan fingerprint density at radius 2 is 1.42 bits per heavy atom. The lowest BCUT2D eigenvalue weighted by molar-refractivity contribution is 0.291. The highest BCUT2D eigenvalue weighted by atomic mass is 28.4. The highest BCUT2D eigenvalue weighted by Gasteiger charge is 2.49. The summed E-state index contributed by atoms with van der Waals surface area (Å²) in [6.07, 6.45) is 1.51. The molecule has 3 aromatic carbocycles. The Balaban J connectivity index is 1.51. The molecule has 4 aromatic rings. The van der Waals surface area contributed by atoms with Gasteiger partial charge in [0, 0.05) is 18.6 Å². The maximum atomic E-state index is 13.2. The number of halogens is 1. The fourth-order valence-electron chi connectivity index (χ4n) is 4.36. The van der Waals surface area contributed by atoms with Gasteiger partial charge in [0.25, 0.3) is 8.32 Å². The second-order valence-electron chi connectivity index (χ2n) is 9.22. The van der Waals surface area contributed by atoms with E-state index in [1.165, 1.54) is 22.5 Å². The van der Waals surface area contributed by atoms with Gasteiger partial charge in [0.2, 0.25) is 0 Å². The van der Waals surface area contributed by atoms with Gasteiger partial charge in [0.05, 0.1) is 0 Å². The number of nitrogens with zero attached hydrogens (tertiary/aromatic N) is 2. The van der Waals surface area contributed by atoms with Crippen molar-refractivity contribution >= 4 is 18.7 Å². The zero-order valence-corrected chi connectivity index (χ0v) is 20.4. The zero-order valence-electron chi connectivity index (χ0n) is 19.4. The number of hydrogen-bond donors (Lipinski definition) is 1. The Kier molecular flexibility index (Phi) is 6.86. The van der Waals surface area contributed by atoms with Crippen LogP contribution in [0.15, 0.2) is 84.9 Å². The van der Waals surface area contributed by atoms with Gasteiger partial charge >= 0.3 is 0 Å². The summed E-state index contributed by atoms with van der Waals surface area (Å²) < 4.78 is 20.1. The summed E-state index contributed by atoms with van der Waals surface area (Å²) in [5.41, 5.74) is 0.818. The van der Waals surface area contributed by atoms with Gasteiger partial charge in [-0.2, -0.15) is 5.10 Å². The third kappa shape index (κ3) is 4.97. The maximum Gasteiger partial charge on any atom is 0.261 e. The number of rotatable bonds is 8. The lowest BCUT2D eigenvalue weighted by Crippen LogP contribution is -2.66. The first-order chi connectivity index (χ1) is 15.9. The molecule has 0 aliphatic heterocycles. The van der Waals surface area contributed by atoms with Crippen molar-refractivity contribution < 1.29 is 8.82 Å². The van der Waals surface area contributed by atoms with E-state index in [4.69, 9.17) is 4.43 Å². The Bertz CT molecular complexity index is 1120. The number of aromatic amines is 1. The summed E-state index contributed by atoms with van der Waals surface area (Å²) in [6.45, 7) is 7.46. The zero-order chi connectivity index (χ0) is 23.3. The van der Waals surface area contributed by atoms with Crippen LogP contribution in [0, 0.1) is 5.82 Å². The number of nitrogens with one attached hydrogen (secondary N) is 1. The van der Waals surface area contributed by atoms with Gasteiger partial charge < -0.3 is 4.43 Å². The SMILES string of the molecule is CC(C)(C)[Si](OCCCc1n[nH]c(-c2ccc(F)cc2)n1)(c1ccccc1)c1ccccc1. The summed E-state index contributed by atoms with van der Waals surface area (Å²) in [4.78, 5) is 4.58. The molecule has 0 atom stereocenters. The molecule has 1 heterocycles. The normalized spacial score (nSPS) is 12.1. The van der Waals surface area contributed by atoms with Crippen LogP contribution in [0.3, 0.4) is 0 Å². The number of benzene rings is 3. The fourth-order valence-corrected chi connectivity index (χ4v) is 8.97. The van der Waals surface area contributed by atoms with Crippen molar-refractivity contribution in [1.29, 1.82) is 0 Å². The van der Waals surface area contributed by atoms with Gasteiger partial charge in [-0.25, -0.2) is 9.37 Å². The molecule has 6 heteroatoms. The molecule has 0 unspecified atom stereocenters. The topological polar surface area (TPSA) is 50.8 Å².